The summed E-state index contributed by atoms with van der Waals surface area (Å²) in [5.41, 5.74) is 7.54. The first kappa shape index (κ1) is 17.3. The minimum absolute atomic E-state index is 0.0801. The Morgan fingerprint density at radius 2 is 1.88 bits per heavy atom. The van der Waals surface area contributed by atoms with Crippen molar-refractivity contribution in [3.63, 3.8) is 0 Å². The molecular formula is C20H30N2O2. The summed E-state index contributed by atoms with van der Waals surface area (Å²) < 4.78 is 5.88. The lowest BCUT2D eigenvalue weighted by molar-refractivity contribution is -0.137. The Kier molecular flexibility index (Phi) is 4.60. The number of amides is 1. The van der Waals surface area contributed by atoms with Gasteiger partial charge in [0.1, 0.15) is 5.75 Å². The van der Waals surface area contributed by atoms with Crippen LogP contribution in [0.25, 0.3) is 0 Å². The van der Waals surface area contributed by atoms with Gasteiger partial charge in [0.15, 0.2) is 6.10 Å². The molecule has 1 aliphatic heterocycles. The summed E-state index contributed by atoms with van der Waals surface area (Å²) in [6, 6.07) is 8.32. The molecule has 1 saturated heterocycles. The molecule has 1 heterocycles. The minimum Gasteiger partial charge on any atom is -0.481 e. The van der Waals surface area contributed by atoms with Crippen LogP contribution in [0, 0.1) is 11.8 Å². The van der Waals surface area contributed by atoms with Crippen LogP contribution in [0.15, 0.2) is 24.3 Å². The van der Waals surface area contributed by atoms with Gasteiger partial charge in [-0.15, -0.1) is 0 Å². The van der Waals surface area contributed by atoms with Gasteiger partial charge in [-0.05, 0) is 54.7 Å². The van der Waals surface area contributed by atoms with E-state index in [0.717, 1.165) is 31.7 Å². The minimum atomic E-state index is -0.458. The normalized spacial score (nSPS) is 27.9. The third-order valence-corrected chi connectivity index (χ3v) is 5.60. The lowest BCUT2D eigenvalue weighted by Crippen LogP contribution is -2.40. The summed E-state index contributed by atoms with van der Waals surface area (Å²) in [5.74, 6) is 1.89. The highest BCUT2D eigenvalue weighted by Gasteiger charge is 2.43. The van der Waals surface area contributed by atoms with Gasteiger partial charge in [0.05, 0.1) is 0 Å². The highest BCUT2D eigenvalue weighted by Crippen LogP contribution is 2.37. The van der Waals surface area contributed by atoms with E-state index in [-0.39, 0.29) is 17.4 Å². The zero-order valence-electron chi connectivity index (χ0n) is 15.3. The first-order chi connectivity index (χ1) is 11.3. The van der Waals surface area contributed by atoms with Gasteiger partial charge in [0.25, 0.3) is 5.91 Å². The predicted molar refractivity (Wildman–Crippen MR) is 96.0 cm³/mol. The van der Waals surface area contributed by atoms with Crippen molar-refractivity contribution in [1.29, 1.82) is 0 Å². The molecule has 4 unspecified atom stereocenters. The molecule has 4 nitrogen and oxygen atoms in total. The van der Waals surface area contributed by atoms with Crippen molar-refractivity contribution in [2.24, 2.45) is 17.6 Å². The van der Waals surface area contributed by atoms with E-state index < -0.39 is 6.10 Å². The van der Waals surface area contributed by atoms with Crippen LogP contribution in [0.1, 0.15) is 46.1 Å². The summed E-state index contributed by atoms with van der Waals surface area (Å²) in [6.07, 6.45) is 1.79. The van der Waals surface area contributed by atoms with Crippen LogP contribution in [-0.2, 0) is 10.2 Å². The molecule has 4 heteroatoms. The van der Waals surface area contributed by atoms with Crippen LogP contribution in [0.2, 0.25) is 0 Å². The van der Waals surface area contributed by atoms with Crippen LogP contribution in [0.3, 0.4) is 0 Å². The second kappa shape index (κ2) is 6.40. The third kappa shape index (κ3) is 3.44. The van der Waals surface area contributed by atoms with Gasteiger partial charge in [-0.25, -0.2) is 0 Å². The van der Waals surface area contributed by atoms with E-state index in [9.17, 15) is 4.79 Å². The van der Waals surface area contributed by atoms with Gasteiger partial charge in [0, 0.05) is 19.1 Å². The monoisotopic (exact) mass is 330 g/mol. The number of rotatable bonds is 3. The fourth-order valence-electron chi connectivity index (χ4n) is 4.03. The lowest BCUT2D eigenvalue weighted by Gasteiger charge is -2.24. The van der Waals surface area contributed by atoms with Gasteiger partial charge in [0.2, 0.25) is 0 Å². The summed E-state index contributed by atoms with van der Waals surface area (Å²) >= 11 is 0. The van der Waals surface area contributed by atoms with Gasteiger partial charge in [-0.1, -0.05) is 32.9 Å². The van der Waals surface area contributed by atoms with Gasteiger partial charge >= 0.3 is 0 Å². The summed E-state index contributed by atoms with van der Waals surface area (Å²) in [7, 11) is 0. The van der Waals surface area contributed by atoms with Gasteiger partial charge in [-0.3, -0.25) is 4.79 Å². The molecule has 4 atom stereocenters. The Labute approximate surface area is 145 Å². The van der Waals surface area contributed by atoms with Crippen molar-refractivity contribution < 1.29 is 9.53 Å². The molecule has 1 amide bonds. The molecule has 24 heavy (non-hydrogen) atoms. The van der Waals surface area contributed by atoms with E-state index in [1.165, 1.54) is 5.56 Å². The average Bonchev–Trinajstić information content (AvgIpc) is 3.08. The van der Waals surface area contributed by atoms with Crippen LogP contribution < -0.4 is 10.5 Å². The van der Waals surface area contributed by atoms with E-state index in [0.29, 0.717) is 11.8 Å². The molecule has 2 aliphatic rings. The largest absolute Gasteiger partial charge is 0.481 e. The molecule has 132 valence electrons. The summed E-state index contributed by atoms with van der Waals surface area (Å²) in [4.78, 5) is 14.6. The molecule has 0 bridgehead atoms. The quantitative estimate of drug-likeness (QED) is 0.927. The first-order valence-corrected chi connectivity index (χ1v) is 9.07. The number of benzene rings is 1. The number of ether oxygens (including phenoxy) is 1. The van der Waals surface area contributed by atoms with E-state index in [1.54, 1.807) is 0 Å². The number of fused-ring (bicyclic) bond motifs is 1. The lowest BCUT2D eigenvalue weighted by atomic mass is 9.87. The molecule has 0 spiro atoms. The summed E-state index contributed by atoms with van der Waals surface area (Å²) in [6.45, 7) is 10.0. The molecule has 1 aromatic rings. The molecule has 1 aliphatic carbocycles. The Hall–Kier alpha value is -1.55. The fraction of sp³-hybridized carbons (Fsp3) is 0.650. The van der Waals surface area contributed by atoms with Crippen molar-refractivity contribution >= 4 is 5.91 Å². The van der Waals surface area contributed by atoms with Crippen molar-refractivity contribution in [2.75, 3.05) is 13.1 Å². The zero-order valence-corrected chi connectivity index (χ0v) is 15.3. The van der Waals surface area contributed by atoms with E-state index in [2.05, 4.69) is 32.9 Å². The molecule has 1 aromatic carbocycles. The van der Waals surface area contributed by atoms with Crippen molar-refractivity contribution in [3.05, 3.63) is 29.8 Å². The number of nitrogens with two attached hydrogens (primary N) is 1. The average molecular weight is 330 g/mol. The van der Waals surface area contributed by atoms with Gasteiger partial charge < -0.3 is 15.4 Å². The van der Waals surface area contributed by atoms with E-state index >= 15 is 0 Å². The molecular weight excluding hydrogens is 300 g/mol. The van der Waals surface area contributed by atoms with Crippen LogP contribution in [0.5, 0.6) is 5.75 Å². The molecule has 1 saturated carbocycles. The van der Waals surface area contributed by atoms with E-state index in [4.69, 9.17) is 10.5 Å². The fourth-order valence-corrected chi connectivity index (χ4v) is 4.03. The van der Waals surface area contributed by atoms with E-state index in [1.807, 2.05) is 24.0 Å². The number of hydrogen-bond acceptors (Lipinski definition) is 3. The zero-order chi connectivity index (χ0) is 17.5. The highest BCUT2D eigenvalue weighted by molar-refractivity contribution is 5.81. The maximum absolute atomic E-state index is 12.7. The molecule has 3 rings (SSSR count). The maximum atomic E-state index is 12.7. The smallest absolute Gasteiger partial charge is 0.263 e. The Morgan fingerprint density at radius 3 is 2.46 bits per heavy atom. The molecule has 2 N–H and O–H groups in total. The number of likely N-dealkylation sites (tertiary alicyclic amines) is 1. The number of carbonyl (C=O) groups is 1. The van der Waals surface area contributed by atoms with Crippen LogP contribution in [0.4, 0.5) is 0 Å². The Morgan fingerprint density at radius 1 is 1.21 bits per heavy atom. The summed E-state index contributed by atoms with van der Waals surface area (Å²) in [5, 5.41) is 0. The van der Waals surface area contributed by atoms with Crippen molar-refractivity contribution in [1.82, 2.24) is 4.90 Å². The number of nitrogens with zero attached hydrogens (tertiary/aromatic N) is 1. The second-order valence-electron chi connectivity index (χ2n) is 8.44. The standard InChI is InChI=1S/C20H30N2O2/c1-13(24-16-8-6-15(7-9-16)20(2,3)4)19(23)22-11-14-5-10-18(21)17(14)12-22/h6-9,13-14,17-18H,5,10-12,21H2,1-4H3. The Balaban J connectivity index is 1.59. The van der Waals surface area contributed by atoms with Crippen molar-refractivity contribution in [3.8, 4) is 5.75 Å². The third-order valence-electron chi connectivity index (χ3n) is 5.60. The molecule has 0 radical (unpaired) electrons. The maximum Gasteiger partial charge on any atom is 0.263 e. The van der Waals surface area contributed by atoms with Crippen molar-refractivity contribution in [2.45, 2.75) is 58.1 Å². The predicted octanol–water partition coefficient (Wildman–Crippen LogP) is 2.95. The SMILES string of the molecule is CC(Oc1ccc(C(C)(C)C)cc1)C(=O)N1CC2CCC(N)C2C1. The Bertz CT molecular complexity index is 591. The number of hydrogen-bond donors (Lipinski definition) is 1. The molecule has 0 aromatic heterocycles. The highest BCUT2D eigenvalue weighted by atomic mass is 16.5. The van der Waals surface area contributed by atoms with Crippen LogP contribution >= 0.6 is 0 Å². The number of carbonyl (C=O) groups excluding carboxylic acids is 1. The second-order valence-corrected chi connectivity index (χ2v) is 8.44. The molecule has 2 fully saturated rings. The van der Waals surface area contributed by atoms with Gasteiger partial charge in [-0.2, -0.15) is 0 Å². The van der Waals surface area contributed by atoms with Crippen LogP contribution in [-0.4, -0.2) is 36.0 Å². The topological polar surface area (TPSA) is 55.6 Å². The first-order valence-electron chi connectivity index (χ1n) is 9.07.